The number of halogens is 3. The van der Waals surface area contributed by atoms with Crippen LogP contribution in [0.25, 0.3) is 34.3 Å². The van der Waals surface area contributed by atoms with E-state index in [1.165, 1.54) is 37.4 Å². The number of nitrogen functional groups attached to an aromatic ring is 1. The van der Waals surface area contributed by atoms with Gasteiger partial charge in [0.25, 0.3) is 11.8 Å². The number of alkyl halides is 2. The van der Waals surface area contributed by atoms with Crippen LogP contribution >= 0.6 is 0 Å². The van der Waals surface area contributed by atoms with E-state index in [1.807, 2.05) is 0 Å². The van der Waals surface area contributed by atoms with Crippen LogP contribution in [0.1, 0.15) is 18.9 Å². The Morgan fingerprint density at radius 2 is 1.79 bits per heavy atom. The second-order valence-electron chi connectivity index (χ2n) is 8.44. The zero-order chi connectivity index (χ0) is 27.3. The van der Waals surface area contributed by atoms with Gasteiger partial charge in [0, 0.05) is 18.7 Å². The molecule has 13 heteroatoms. The third-order valence-electron chi connectivity index (χ3n) is 5.82. The highest BCUT2D eigenvalue weighted by Crippen LogP contribution is 2.30. The van der Waals surface area contributed by atoms with Gasteiger partial charge in [0.1, 0.15) is 12.5 Å². The van der Waals surface area contributed by atoms with E-state index >= 15 is 0 Å². The van der Waals surface area contributed by atoms with E-state index in [-0.39, 0.29) is 46.7 Å². The summed E-state index contributed by atoms with van der Waals surface area (Å²) in [6, 6.07) is 10.4. The molecule has 2 heterocycles. The number of nitrogens with zero attached hydrogens (tertiary/aromatic N) is 4. The smallest absolute Gasteiger partial charge is 0.270 e. The van der Waals surface area contributed by atoms with E-state index in [0.717, 1.165) is 0 Å². The minimum absolute atomic E-state index is 0.00190. The van der Waals surface area contributed by atoms with E-state index < -0.39 is 34.3 Å². The van der Waals surface area contributed by atoms with E-state index in [9.17, 15) is 21.6 Å². The highest BCUT2D eigenvalue weighted by atomic mass is 32.2. The highest BCUT2D eigenvalue weighted by molar-refractivity contribution is 7.92. The van der Waals surface area contributed by atoms with Crippen LogP contribution in [0.3, 0.4) is 0 Å². The number of hydrogen-bond donors (Lipinski definition) is 2. The predicted molar refractivity (Wildman–Crippen MR) is 135 cm³/mol. The molecule has 0 spiro atoms. The van der Waals surface area contributed by atoms with Crippen molar-refractivity contribution in [1.82, 2.24) is 25.5 Å². The first-order valence-electron chi connectivity index (χ1n) is 11.7. The molecule has 0 amide bonds. The fourth-order valence-electron chi connectivity index (χ4n) is 3.62. The minimum atomic E-state index is -3.67. The predicted octanol–water partition coefficient (Wildman–Crippen LogP) is 4.16. The SMILES string of the molecule is CC(CCF)S(=O)(=O)c1ccc(-c2cnc(N)c(-c3nnc(-c4ccc(CNCCF)cc4F)o3)n2)cc1. The zero-order valence-corrected chi connectivity index (χ0v) is 21.2. The Morgan fingerprint density at radius 1 is 1.05 bits per heavy atom. The Balaban J connectivity index is 1.58. The van der Waals surface area contributed by atoms with E-state index in [2.05, 4.69) is 25.5 Å². The monoisotopic (exact) mass is 546 g/mol. The zero-order valence-electron chi connectivity index (χ0n) is 20.4. The lowest BCUT2D eigenvalue weighted by atomic mass is 10.1. The molecule has 0 fully saturated rings. The van der Waals surface area contributed by atoms with Gasteiger partial charge in [0.05, 0.1) is 34.3 Å². The Labute approximate surface area is 217 Å². The van der Waals surface area contributed by atoms with Gasteiger partial charge >= 0.3 is 0 Å². The number of anilines is 1. The molecule has 200 valence electrons. The fourth-order valence-corrected chi connectivity index (χ4v) is 5.00. The average molecular weight is 547 g/mol. The first kappa shape index (κ1) is 27.2. The Kier molecular flexibility index (Phi) is 8.37. The van der Waals surface area contributed by atoms with Crippen molar-refractivity contribution in [2.75, 3.05) is 25.6 Å². The molecule has 0 bridgehead atoms. The van der Waals surface area contributed by atoms with Gasteiger partial charge < -0.3 is 15.5 Å². The lowest BCUT2D eigenvalue weighted by Gasteiger charge is -2.11. The molecule has 0 radical (unpaired) electrons. The van der Waals surface area contributed by atoms with Crippen molar-refractivity contribution in [3.05, 3.63) is 60.0 Å². The molecule has 38 heavy (non-hydrogen) atoms. The number of aromatic nitrogens is 4. The maximum atomic E-state index is 14.7. The number of rotatable bonds is 11. The summed E-state index contributed by atoms with van der Waals surface area (Å²) < 4.78 is 70.4. The Hall–Kier alpha value is -3.84. The van der Waals surface area contributed by atoms with Crippen molar-refractivity contribution < 1.29 is 26.0 Å². The molecule has 0 aliphatic rings. The third-order valence-corrected chi connectivity index (χ3v) is 8.04. The summed E-state index contributed by atoms with van der Waals surface area (Å²) in [4.78, 5) is 8.63. The second kappa shape index (κ2) is 11.7. The lowest BCUT2D eigenvalue weighted by molar-refractivity contribution is 0.464. The van der Waals surface area contributed by atoms with Crippen LogP contribution < -0.4 is 11.1 Å². The Morgan fingerprint density at radius 3 is 2.47 bits per heavy atom. The molecule has 2 aromatic heterocycles. The van der Waals surface area contributed by atoms with E-state index in [4.69, 9.17) is 10.2 Å². The molecular weight excluding hydrogens is 521 g/mol. The molecule has 3 N–H and O–H groups in total. The molecular formula is C25H25F3N6O3S. The highest BCUT2D eigenvalue weighted by Gasteiger charge is 2.23. The lowest BCUT2D eigenvalue weighted by Crippen LogP contribution is -2.18. The van der Waals surface area contributed by atoms with Crippen LogP contribution in [0.2, 0.25) is 0 Å². The van der Waals surface area contributed by atoms with Gasteiger partial charge in [-0.1, -0.05) is 18.2 Å². The Bertz CT molecular complexity index is 1510. The van der Waals surface area contributed by atoms with Crippen molar-refractivity contribution >= 4 is 15.7 Å². The van der Waals surface area contributed by atoms with Crippen molar-refractivity contribution in [3.63, 3.8) is 0 Å². The molecule has 4 rings (SSSR count). The van der Waals surface area contributed by atoms with Crippen molar-refractivity contribution in [2.24, 2.45) is 0 Å². The number of sulfone groups is 1. The number of nitrogens with one attached hydrogen (secondary N) is 1. The first-order chi connectivity index (χ1) is 18.2. The van der Waals surface area contributed by atoms with Gasteiger partial charge in [-0.05, 0) is 43.2 Å². The average Bonchev–Trinajstić information content (AvgIpc) is 3.39. The summed E-state index contributed by atoms with van der Waals surface area (Å²) in [6.07, 6.45) is 1.31. The summed E-state index contributed by atoms with van der Waals surface area (Å²) >= 11 is 0. The fraction of sp³-hybridized carbons (Fsp3) is 0.280. The number of hydrogen-bond acceptors (Lipinski definition) is 9. The van der Waals surface area contributed by atoms with Gasteiger partial charge in [-0.3, -0.25) is 4.39 Å². The van der Waals surface area contributed by atoms with Crippen LogP contribution in [-0.4, -0.2) is 53.7 Å². The van der Waals surface area contributed by atoms with Gasteiger partial charge in [0.2, 0.25) is 0 Å². The summed E-state index contributed by atoms with van der Waals surface area (Å²) in [5.74, 6) is -0.773. The van der Waals surface area contributed by atoms with Crippen LogP contribution in [-0.2, 0) is 16.4 Å². The molecule has 0 aliphatic heterocycles. The van der Waals surface area contributed by atoms with Crippen LogP contribution in [0.4, 0.5) is 19.0 Å². The van der Waals surface area contributed by atoms with E-state index in [0.29, 0.717) is 23.4 Å². The van der Waals surface area contributed by atoms with Crippen LogP contribution in [0.15, 0.2) is 58.0 Å². The standard InChI is InChI=1S/C25H25F3N6O3S/c1-15(8-9-26)38(35,36)18-5-3-17(4-6-18)21-14-31-23(29)22(32-21)25-34-33-24(37-25)19-7-2-16(12-20(19)28)13-30-11-10-27/h2-7,12,14-15,30H,8-11,13H2,1H3,(H2,29,31). The van der Waals surface area contributed by atoms with Crippen molar-refractivity contribution in [1.29, 1.82) is 0 Å². The second-order valence-corrected chi connectivity index (χ2v) is 10.8. The number of benzene rings is 2. The molecule has 9 nitrogen and oxygen atoms in total. The molecule has 1 atom stereocenters. The maximum absolute atomic E-state index is 14.7. The van der Waals surface area contributed by atoms with E-state index in [1.54, 1.807) is 18.2 Å². The molecule has 0 saturated carbocycles. The number of nitrogens with two attached hydrogens (primary N) is 1. The van der Waals surface area contributed by atoms with Gasteiger partial charge in [0.15, 0.2) is 21.3 Å². The maximum Gasteiger partial charge on any atom is 0.270 e. The topological polar surface area (TPSA) is 137 Å². The van der Waals surface area contributed by atoms with Crippen LogP contribution in [0, 0.1) is 5.82 Å². The summed E-state index contributed by atoms with van der Waals surface area (Å²) in [6.45, 7) is 0.689. The van der Waals surface area contributed by atoms with Crippen molar-refractivity contribution in [3.8, 4) is 34.3 Å². The van der Waals surface area contributed by atoms with Gasteiger partial charge in [-0.2, -0.15) is 0 Å². The quantitative estimate of drug-likeness (QED) is 0.266. The summed E-state index contributed by atoms with van der Waals surface area (Å²) in [7, 11) is -3.67. The molecule has 2 aromatic carbocycles. The normalized spacial score (nSPS) is 12.5. The molecule has 0 aliphatic carbocycles. The molecule has 4 aromatic rings. The molecule has 0 saturated heterocycles. The van der Waals surface area contributed by atoms with Crippen molar-refractivity contribution in [2.45, 2.75) is 30.0 Å². The summed E-state index contributed by atoms with van der Waals surface area (Å²) in [5, 5.41) is 9.83. The van der Waals surface area contributed by atoms with Crippen LogP contribution in [0.5, 0.6) is 0 Å². The first-order valence-corrected chi connectivity index (χ1v) is 13.2. The summed E-state index contributed by atoms with van der Waals surface area (Å²) in [5.41, 5.74) is 7.64. The molecule has 1 unspecified atom stereocenters. The third kappa shape index (κ3) is 5.83. The van der Waals surface area contributed by atoms with Gasteiger partial charge in [-0.25, -0.2) is 27.2 Å². The largest absolute Gasteiger partial charge is 0.414 e. The minimum Gasteiger partial charge on any atom is -0.414 e. The van der Waals surface area contributed by atoms with Gasteiger partial charge in [-0.15, -0.1) is 10.2 Å².